The van der Waals surface area contributed by atoms with Crippen molar-refractivity contribution in [2.45, 2.75) is 19.9 Å². The third-order valence-corrected chi connectivity index (χ3v) is 5.08. The number of amides is 1. The normalized spacial score (nSPS) is 15.7. The summed E-state index contributed by atoms with van der Waals surface area (Å²) in [5.74, 6) is 1.16. The third kappa shape index (κ3) is 3.48. The number of carbonyl (C=O) groups excluding carboxylic acids is 1. The number of aromatic nitrogens is 3. The Labute approximate surface area is 152 Å². The number of benzene rings is 1. The minimum absolute atomic E-state index is 0.120. The molecule has 0 N–H and O–H groups in total. The zero-order valence-corrected chi connectivity index (χ0v) is 15.0. The molecule has 0 atom stereocenters. The van der Waals surface area contributed by atoms with Crippen molar-refractivity contribution in [3.05, 3.63) is 48.2 Å². The minimum atomic E-state index is 0.120. The highest BCUT2D eigenvalue weighted by molar-refractivity contribution is 5.86. The molecule has 0 saturated carbocycles. The van der Waals surface area contributed by atoms with Crippen molar-refractivity contribution in [1.82, 2.24) is 24.5 Å². The summed E-state index contributed by atoms with van der Waals surface area (Å²) in [6, 6.07) is 7.67. The lowest BCUT2D eigenvalue weighted by atomic mass is 10.1. The Hall–Kier alpha value is -2.67. The summed E-state index contributed by atoms with van der Waals surface area (Å²) < 4.78 is 7.45. The molecule has 1 saturated heterocycles. The SMILES string of the molecule is Cc1nccn1CCN1CCN(C(=O)Cc2noc3ccccc23)CC1. The highest BCUT2D eigenvalue weighted by Crippen LogP contribution is 2.19. The van der Waals surface area contributed by atoms with Gasteiger partial charge in [-0.15, -0.1) is 0 Å². The van der Waals surface area contributed by atoms with E-state index in [-0.39, 0.29) is 5.91 Å². The zero-order valence-electron chi connectivity index (χ0n) is 15.0. The smallest absolute Gasteiger partial charge is 0.228 e. The van der Waals surface area contributed by atoms with E-state index in [2.05, 4.69) is 19.6 Å². The molecule has 4 rings (SSSR count). The van der Waals surface area contributed by atoms with Crippen molar-refractivity contribution in [2.24, 2.45) is 0 Å². The second-order valence-electron chi connectivity index (χ2n) is 6.69. The van der Waals surface area contributed by atoms with E-state index in [1.54, 1.807) is 0 Å². The fraction of sp³-hybridized carbons (Fsp3) is 0.421. The van der Waals surface area contributed by atoms with Crippen LogP contribution in [0.3, 0.4) is 0 Å². The molecule has 0 bridgehead atoms. The van der Waals surface area contributed by atoms with Gasteiger partial charge in [0.1, 0.15) is 11.5 Å². The quantitative estimate of drug-likeness (QED) is 0.699. The predicted molar refractivity (Wildman–Crippen MR) is 97.7 cm³/mol. The van der Waals surface area contributed by atoms with Crippen molar-refractivity contribution in [2.75, 3.05) is 32.7 Å². The molecule has 0 unspecified atom stereocenters. The third-order valence-electron chi connectivity index (χ3n) is 5.08. The molecule has 3 heterocycles. The number of aryl methyl sites for hydroxylation is 1. The molecule has 7 nitrogen and oxygen atoms in total. The molecule has 1 aliphatic rings. The lowest BCUT2D eigenvalue weighted by molar-refractivity contribution is -0.132. The fourth-order valence-electron chi connectivity index (χ4n) is 3.43. The molecule has 7 heteroatoms. The Balaban J connectivity index is 1.29. The second kappa shape index (κ2) is 7.29. The zero-order chi connectivity index (χ0) is 17.9. The molecule has 1 fully saturated rings. The molecule has 0 radical (unpaired) electrons. The Bertz CT molecular complexity index is 892. The highest BCUT2D eigenvalue weighted by atomic mass is 16.5. The Kier molecular flexibility index (Phi) is 4.71. The summed E-state index contributed by atoms with van der Waals surface area (Å²) in [6.07, 6.45) is 4.14. The summed E-state index contributed by atoms with van der Waals surface area (Å²) in [5, 5.41) is 5.00. The lowest BCUT2D eigenvalue weighted by Gasteiger charge is -2.34. The molecule has 2 aromatic heterocycles. The predicted octanol–water partition coefficient (Wildman–Crippen LogP) is 1.72. The summed E-state index contributed by atoms with van der Waals surface area (Å²) in [6.45, 7) is 7.26. The van der Waals surface area contributed by atoms with E-state index in [1.807, 2.05) is 48.5 Å². The summed E-state index contributed by atoms with van der Waals surface area (Å²) in [5.41, 5.74) is 1.46. The van der Waals surface area contributed by atoms with Gasteiger partial charge in [-0.3, -0.25) is 9.69 Å². The second-order valence-corrected chi connectivity index (χ2v) is 6.69. The summed E-state index contributed by atoms with van der Waals surface area (Å²) in [4.78, 5) is 21.2. The first-order valence-electron chi connectivity index (χ1n) is 9.02. The maximum absolute atomic E-state index is 12.6. The topological polar surface area (TPSA) is 67.4 Å². The molecule has 1 aromatic carbocycles. The van der Waals surface area contributed by atoms with E-state index in [1.165, 1.54) is 0 Å². The number of hydrogen-bond donors (Lipinski definition) is 0. The molecule has 1 aliphatic heterocycles. The van der Waals surface area contributed by atoms with Gasteiger partial charge in [0.25, 0.3) is 0 Å². The monoisotopic (exact) mass is 353 g/mol. The standard InChI is InChI=1S/C19H23N5O2/c1-15-20-6-7-23(15)11-8-22-9-12-24(13-10-22)19(25)14-17-16-4-2-3-5-18(16)26-21-17/h2-7H,8-14H2,1H3. The van der Waals surface area contributed by atoms with Gasteiger partial charge in [-0.05, 0) is 19.1 Å². The van der Waals surface area contributed by atoms with Crippen molar-refractivity contribution >= 4 is 16.9 Å². The number of piperazine rings is 1. The van der Waals surface area contributed by atoms with Crippen molar-refractivity contribution in [1.29, 1.82) is 0 Å². The Morgan fingerprint density at radius 3 is 2.73 bits per heavy atom. The molecule has 26 heavy (non-hydrogen) atoms. The number of para-hydroxylation sites is 1. The van der Waals surface area contributed by atoms with Crippen molar-refractivity contribution < 1.29 is 9.32 Å². The number of imidazole rings is 1. The minimum Gasteiger partial charge on any atom is -0.356 e. The maximum atomic E-state index is 12.6. The molecule has 1 amide bonds. The van der Waals surface area contributed by atoms with Crippen LogP contribution in [0.25, 0.3) is 11.0 Å². The van der Waals surface area contributed by atoms with Crippen LogP contribution in [0.4, 0.5) is 0 Å². The van der Waals surface area contributed by atoms with Gasteiger partial charge in [-0.2, -0.15) is 0 Å². The van der Waals surface area contributed by atoms with Crippen LogP contribution in [0.5, 0.6) is 0 Å². The van der Waals surface area contributed by atoms with Gasteiger partial charge in [-0.1, -0.05) is 17.3 Å². The van der Waals surface area contributed by atoms with Crippen LogP contribution in [0.1, 0.15) is 11.5 Å². The first kappa shape index (κ1) is 16.8. The van der Waals surface area contributed by atoms with Gasteiger partial charge in [-0.25, -0.2) is 4.98 Å². The molecular formula is C19H23N5O2. The molecule has 0 spiro atoms. The van der Waals surface area contributed by atoms with E-state index in [0.717, 1.165) is 61.8 Å². The first-order chi connectivity index (χ1) is 12.7. The van der Waals surface area contributed by atoms with E-state index in [0.29, 0.717) is 6.42 Å². The lowest BCUT2D eigenvalue weighted by Crippen LogP contribution is -2.49. The maximum Gasteiger partial charge on any atom is 0.228 e. The molecule has 3 aromatic rings. The Morgan fingerprint density at radius 1 is 1.15 bits per heavy atom. The van der Waals surface area contributed by atoms with E-state index in [4.69, 9.17) is 4.52 Å². The van der Waals surface area contributed by atoms with E-state index >= 15 is 0 Å². The van der Waals surface area contributed by atoms with Crippen molar-refractivity contribution in [3.63, 3.8) is 0 Å². The van der Waals surface area contributed by atoms with E-state index in [9.17, 15) is 4.79 Å². The average molecular weight is 353 g/mol. The van der Waals surface area contributed by atoms with Gasteiger partial charge in [0.05, 0.1) is 6.42 Å². The van der Waals surface area contributed by atoms with Crippen LogP contribution in [-0.4, -0.2) is 63.1 Å². The fourth-order valence-corrected chi connectivity index (χ4v) is 3.43. The van der Waals surface area contributed by atoms with E-state index < -0.39 is 0 Å². The van der Waals surface area contributed by atoms with Crippen LogP contribution >= 0.6 is 0 Å². The molecule has 136 valence electrons. The molecule has 0 aliphatic carbocycles. The van der Waals surface area contributed by atoms with Gasteiger partial charge < -0.3 is 14.0 Å². The number of carbonyl (C=O) groups is 1. The van der Waals surface area contributed by atoms with Crippen LogP contribution in [-0.2, 0) is 17.8 Å². The van der Waals surface area contributed by atoms with Crippen molar-refractivity contribution in [3.8, 4) is 0 Å². The average Bonchev–Trinajstić information content (AvgIpc) is 3.27. The summed E-state index contributed by atoms with van der Waals surface area (Å²) in [7, 11) is 0. The van der Waals surface area contributed by atoms with Gasteiger partial charge >= 0.3 is 0 Å². The largest absolute Gasteiger partial charge is 0.356 e. The van der Waals surface area contributed by atoms with Crippen LogP contribution in [0.2, 0.25) is 0 Å². The number of nitrogens with zero attached hydrogens (tertiary/aromatic N) is 5. The number of rotatable bonds is 5. The molecular weight excluding hydrogens is 330 g/mol. The van der Waals surface area contributed by atoms with Crippen LogP contribution in [0.15, 0.2) is 41.2 Å². The van der Waals surface area contributed by atoms with Gasteiger partial charge in [0, 0.05) is 57.0 Å². The van der Waals surface area contributed by atoms with Gasteiger partial charge in [0.15, 0.2) is 5.58 Å². The van der Waals surface area contributed by atoms with Gasteiger partial charge in [0.2, 0.25) is 5.91 Å². The number of fused-ring (bicyclic) bond motifs is 1. The Morgan fingerprint density at radius 2 is 1.96 bits per heavy atom. The van der Waals surface area contributed by atoms with Crippen LogP contribution in [0, 0.1) is 6.92 Å². The number of hydrogen-bond acceptors (Lipinski definition) is 5. The van der Waals surface area contributed by atoms with Crippen LogP contribution < -0.4 is 0 Å². The highest BCUT2D eigenvalue weighted by Gasteiger charge is 2.22. The first-order valence-corrected chi connectivity index (χ1v) is 9.02. The summed E-state index contributed by atoms with van der Waals surface area (Å²) >= 11 is 0.